The molecule has 1 heterocycles. The first-order valence-corrected chi connectivity index (χ1v) is 6.89. The van der Waals surface area contributed by atoms with Crippen molar-refractivity contribution in [2.75, 3.05) is 44.7 Å². The summed E-state index contributed by atoms with van der Waals surface area (Å²) in [5.41, 5.74) is 2.61. The van der Waals surface area contributed by atoms with Gasteiger partial charge in [0.1, 0.15) is 0 Å². The first kappa shape index (κ1) is 13.4. The van der Waals surface area contributed by atoms with Gasteiger partial charge in [-0.25, -0.2) is 0 Å². The summed E-state index contributed by atoms with van der Waals surface area (Å²) in [5, 5.41) is 3.48. The molecular formula is C15H24N2O. The summed E-state index contributed by atoms with van der Waals surface area (Å²) in [6.45, 7) is 10.4. The summed E-state index contributed by atoms with van der Waals surface area (Å²) in [4.78, 5) is 2.44. The van der Waals surface area contributed by atoms with Crippen molar-refractivity contribution in [2.24, 2.45) is 0 Å². The number of anilines is 1. The highest BCUT2D eigenvalue weighted by Crippen LogP contribution is 2.16. The third-order valence-electron chi connectivity index (χ3n) is 3.44. The molecule has 1 aromatic rings. The van der Waals surface area contributed by atoms with Crippen LogP contribution in [0.15, 0.2) is 24.3 Å². The number of rotatable bonds is 5. The molecule has 0 amide bonds. The van der Waals surface area contributed by atoms with Gasteiger partial charge in [0.25, 0.3) is 0 Å². The van der Waals surface area contributed by atoms with E-state index in [-0.39, 0.29) is 0 Å². The number of morpholine rings is 1. The lowest BCUT2D eigenvalue weighted by Crippen LogP contribution is -2.38. The van der Waals surface area contributed by atoms with Gasteiger partial charge in [-0.3, -0.25) is 4.90 Å². The fourth-order valence-corrected chi connectivity index (χ4v) is 2.17. The molecule has 1 aromatic carbocycles. The molecule has 1 fully saturated rings. The van der Waals surface area contributed by atoms with Crippen molar-refractivity contribution >= 4 is 5.69 Å². The van der Waals surface area contributed by atoms with E-state index >= 15 is 0 Å². The fourth-order valence-electron chi connectivity index (χ4n) is 2.17. The molecule has 0 aromatic heterocycles. The molecule has 0 spiro atoms. The third-order valence-corrected chi connectivity index (χ3v) is 3.44. The standard InChI is InChI=1S/C15H24N2O/c1-13(2)14-3-5-15(6-4-14)16-7-8-17-9-11-18-12-10-17/h3-6,13,16H,7-12H2,1-2H3. The highest BCUT2D eigenvalue weighted by atomic mass is 16.5. The lowest BCUT2D eigenvalue weighted by Gasteiger charge is -2.26. The normalized spacial score (nSPS) is 17.1. The van der Waals surface area contributed by atoms with Gasteiger partial charge in [0.15, 0.2) is 0 Å². The molecule has 0 radical (unpaired) electrons. The Balaban J connectivity index is 1.72. The summed E-state index contributed by atoms with van der Waals surface area (Å²) in [6.07, 6.45) is 0. The van der Waals surface area contributed by atoms with Crippen molar-refractivity contribution in [3.8, 4) is 0 Å². The van der Waals surface area contributed by atoms with Gasteiger partial charge in [0, 0.05) is 31.9 Å². The second kappa shape index (κ2) is 6.76. The van der Waals surface area contributed by atoms with Crippen LogP contribution in [0.3, 0.4) is 0 Å². The second-order valence-electron chi connectivity index (χ2n) is 5.16. The quantitative estimate of drug-likeness (QED) is 0.866. The van der Waals surface area contributed by atoms with E-state index in [1.165, 1.54) is 11.3 Å². The van der Waals surface area contributed by atoms with E-state index in [0.29, 0.717) is 5.92 Å². The Bertz CT molecular complexity index is 342. The minimum absolute atomic E-state index is 0.604. The Kier molecular flexibility index (Phi) is 5.02. The van der Waals surface area contributed by atoms with Gasteiger partial charge >= 0.3 is 0 Å². The lowest BCUT2D eigenvalue weighted by atomic mass is 10.0. The van der Waals surface area contributed by atoms with Crippen molar-refractivity contribution in [1.29, 1.82) is 0 Å². The van der Waals surface area contributed by atoms with E-state index in [4.69, 9.17) is 4.74 Å². The first-order chi connectivity index (χ1) is 8.75. The van der Waals surface area contributed by atoms with Gasteiger partial charge in [-0.15, -0.1) is 0 Å². The van der Waals surface area contributed by atoms with Crippen LogP contribution in [0.5, 0.6) is 0 Å². The van der Waals surface area contributed by atoms with Crippen LogP contribution in [0.1, 0.15) is 25.3 Å². The Morgan fingerprint density at radius 2 is 1.83 bits per heavy atom. The maximum Gasteiger partial charge on any atom is 0.0594 e. The Morgan fingerprint density at radius 1 is 1.17 bits per heavy atom. The summed E-state index contributed by atoms with van der Waals surface area (Å²) in [7, 11) is 0. The maximum atomic E-state index is 5.34. The Morgan fingerprint density at radius 3 is 2.44 bits per heavy atom. The molecule has 1 N–H and O–H groups in total. The van der Waals surface area contributed by atoms with Crippen LogP contribution in [0.4, 0.5) is 5.69 Å². The van der Waals surface area contributed by atoms with E-state index in [1.807, 2.05) is 0 Å². The molecule has 2 rings (SSSR count). The van der Waals surface area contributed by atoms with Crippen molar-refractivity contribution in [3.05, 3.63) is 29.8 Å². The zero-order valence-electron chi connectivity index (χ0n) is 11.5. The highest BCUT2D eigenvalue weighted by molar-refractivity contribution is 5.45. The van der Waals surface area contributed by atoms with Gasteiger partial charge in [0.05, 0.1) is 13.2 Å². The molecule has 3 nitrogen and oxygen atoms in total. The smallest absolute Gasteiger partial charge is 0.0594 e. The number of ether oxygens (including phenoxy) is 1. The van der Waals surface area contributed by atoms with Crippen molar-refractivity contribution < 1.29 is 4.74 Å². The number of nitrogens with zero attached hydrogens (tertiary/aromatic N) is 1. The average Bonchev–Trinajstić information content (AvgIpc) is 2.40. The Hall–Kier alpha value is -1.06. The molecule has 1 aliphatic rings. The number of nitrogens with one attached hydrogen (secondary N) is 1. The van der Waals surface area contributed by atoms with E-state index in [1.54, 1.807) is 0 Å². The molecule has 1 aliphatic heterocycles. The molecular weight excluding hydrogens is 224 g/mol. The van der Waals surface area contributed by atoms with Crippen LogP contribution in [-0.2, 0) is 4.74 Å². The van der Waals surface area contributed by atoms with Crippen LogP contribution in [0, 0.1) is 0 Å². The minimum atomic E-state index is 0.604. The molecule has 0 atom stereocenters. The van der Waals surface area contributed by atoms with Crippen LogP contribution in [0.2, 0.25) is 0 Å². The van der Waals surface area contributed by atoms with Crippen LogP contribution < -0.4 is 5.32 Å². The third kappa shape index (κ3) is 4.00. The van der Waals surface area contributed by atoms with Gasteiger partial charge in [-0.05, 0) is 23.6 Å². The molecule has 0 bridgehead atoms. The zero-order chi connectivity index (χ0) is 12.8. The zero-order valence-corrected chi connectivity index (χ0v) is 11.5. The van der Waals surface area contributed by atoms with Crippen LogP contribution >= 0.6 is 0 Å². The van der Waals surface area contributed by atoms with Crippen molar-refractivity contribution in [3.63, 3.8) is 0 Å². The predicted octanol–water partition coefficient (Wildman–Crippen LogP) is 2.55. The fraction of sp³-hybridized carbons (Fsp3) is 0.600. The second-order valence-corrected chi connectivity index (χ2v) is 5.16. The van der Waals surface area contributed by atoms with Gasteiger partial charge in [-0.2, -0.15) is 0 Å². The largest absolute Gasteiger partial charge is 0.384 e. The molecule has 0 aliphatic carbocycles. The topological polar surface area (TPSA) is 24.5 Å². The van der Waals surface area contributed by atoms with E-state index in [9.17, 15) is 0 Å². The summed E-state index contributed by atoms with van der Waals surface area (Å²) >= 11 is 0. The SMILES string of the molecule is CC(C)c1ccc(NCCN2CCOCC2)cc1. The van der Waals surface area contributed by atoms with Gasteiger partial charge in [0.2, 0.25) is 0 Å². The van der Waals surface area contributed by atoms with E-state index < -0.39 is 0 Å². The van der Waals surface area contributed by atoms with Crippen LogP contribution in [-0.4, -0.2) is 44.3 Å². The predicted molar refractivity (Wildman–Crippen MR) is 76.3 cm³/mol. The van der Waals surface area contributed by atoms with Crippen molar-refractivity contribution in [1.82, 2.24) is 4.90 Å². The molecule has 100 valence electrons. The Labute approximate surface area is 110 Å². The van der Waals surface area contributed by atoms with Crippen molar-refractivity contribution in [2.45, 2.75) is 19.8 Å². The maximum absolute atomic E-state index is 5.34. The number of hydrogen-bond acceptors (Lipinski definition) is 3. The van der Waals surface area contributed by atoms with Gasteiger partial charge < -0.3 is 10.1 Å². The highest BCUT2D eigenvalue weighted by Gasteiger charge is 2.09. The monoisotopic (exact) mass is 248 g/mol. The van der Waals surface area contributed by atoms with E-state index in [2.05, 4.69) is 48.3 Å². The summed E-state index contributed by atoms with van der Waals surface area (Å²) in [6, 6.07) is 8.77. The molecule has 18 heavy (non-hydrogen) atoms. The van der Waals surface area contributed by atoms with E-state index in [0.717, 1.165) is 39.4 Å². The molecule has 1 saturated heterocycles. The molecule has 3 heteroatoms. The number of hydrogen-bond donors (Lipinski definition) is 1. The first-order valence-electron chi connectivity index (χ1n) is 6.89. The number of benzene rings is 1. The summed E-state index contributed by atoms with van der Waals surface area (Å²) in [5.74, 6) is 0.604. The van der Waals surface area contributed by atoms with Crippen LogP contribution in [0.25, 0.3) is 0 Å². The molecule has 0 saturated carbocycles. The van der Waals surface area contributed by atoms with Gasteiger partial charge in [-0.1, -0.05) is 26.0 Å². The minimum Gasteiger partial charge on any atom is -0.384 e. The average molecular weight is 248 g/mol. The lowest BCUT2D eigenvalue weighted by molar-refractivity contribution is 0.0398. The molecule has 0 unspecified atom stereocenters. The summed E-state index contributed by atoms with van der Waals surface area (Å²) < 4.78 is 5.34.